The molecule has 0 saturated heterocycles. The molecule has 1 unspecified atom stereocenters. The van der Waals surface area contributed by atoms with E-state index in [1.165, 1.54) is 14.2 Å². The van der Waals surface area contributed by atoms with Crippen LogP contribution >= 0.6 is 0 Å². The van der Waals surface area contributed by atoms with Crippen LogP contribution in [0.3, 0.4) is 0 Å². The molecule has 3 rings (SSSR count). The lowest BCUT2D eigenvalue weighted by molar-refractivity contribution is -0.150. The lowest BCUT2D eigenvalue weighted by Crippen LogP contribution is -2.65. The van der Waals surface area contributed by atoms with Gasteiger partial charge in [0.2, 0.25) is 0 Å². The number of amides is 1. The van der Waals surface area contributed by atoms with Crippen molar-refractivity contribution in [2.24, 2.45) is 0 Å². The van der Waals surface area contributed by atoms with Gasteiger partial charge in [-0.3, -0.25) is 4.79 Å². The van der Waals surface area contributed by atoms with Crippen LogP contribution in [0.25, 0.3) is 0 Å². The Kier molecular flexibility index (Phi) is 4.71. The molecule has 1 amide bonds. The standard InChI is InChI=1S/C19H21N3O4/c1-20-17(23)19(18(24)26-3)21-15-6-4-5-7-16(15)22(19)12-13-8-10-14(25-2)11-9-13/h4-11,21H,12H2,1-3H3,(H,20,23). The summed E-state index contributed by atoms with van der Waals surface area (Å²) in [6.45, 7) is 0.330. The highest BCUT2D eigenvalue weighted by molar-refractivity contribution is 6.15. The number of fused-ring (bicyclic) bond motifs is 1. The van der Waals surface area contributed by atoms with Gasteiger partial charge in [-0.05, 0) is 29.8 Å². The van der Waals surface area contributed by atoms with Gasteiger partial charge in [0.25, 0.3) is 11.6 Å². The highest BCUT2D eigenvalue weighted by Crippen LogP contribution is 2.41. The topological polar surface area (TPSA) is 79.9 Å². The Hall–Kier alpha value is -3.22. The molecular formula is C19H21N3O4. The maximum atomic E-state index is 12.8. The van der Waals surface area contributed by atoms with Gasteiger partial charge in [-0.25, -0.2) is 4.79 Å². The van der Waals surface area contributed by atoms with Crippen LogP contribution in [-0.2, 0) is 20.9 Å². The van der Waals surface area contributed by atoms with Gasteiger partial charge >= 0.3 is 5.97 Å². The summed E-state index contributed by atoms with van der Waals surface area (Å²) in [7, 11) is 4.36. The number of hydrogen-bond acceptors (Lipinski definition) is 6. The average Bonchev–Trinajstić information content (AvgIpc) is 3.02. The van der Waals surface area contributed by atoms with Crippen LogP contribution < -0.4 is 20.3 Å². The number of methoxy groups -OCH3 is 2. The molecule has 0 saturated carbocycles. The molecule has 0 radical (unpaired) electrons. The molecular weight excluding hydrogens is 334 g/mol. The second kappa shape index (κ2) is 6.95. The van der Waals surface area contributed by atoms with Crippen molar-refractivity contribution in [1.82, 2.24) is 5.32 Å². The third kappa shape index (κ3) is 2.71. The van der Waals surface area contributed by atoms with E-state index in [0.717, 1.165) is 17.0 Å². The van der Waals surface area contributed by atoms with Crippen LogP contribution in [0.4, 0.5) is 11.4 Å². The van der Waals surface area contributed by atoms with Gasteiger partial charge in [-0.15, -0.1) is 0 Å². The molecule has 1 aliphatic heterocycles. The lowest BCUT2D eigenvalue weighted by Gasteiger charge is -2.35. The van der Waals surface area contributed by atoms with Gasteiger partial charge in [-0.1, -0.05) is 24.3 Å². The number of rotatable bonds is 5. The predicted octanol–water partition coefficient (Wildman–Crippen LogP) is 1.74. The van der Waals surface area contributed by atoms with Gasteiger partial charge in [0, 0.05) is 13.6 Å². The minimum Gasteiger partial charge on any atom is -0.497 e. The monoisotopic (exact) mass is 355 g/mol. The summed E-state index contributed by atoms with van der Waals surface area (Å²) in [6.07, 6.45) is 0. The Morgan fingerprint density at radius 1 is 1.12 bits per heavy atom. The van der Waals surface area contributed by atoms with Gasteiger partial charge in [-0.2, -0.15) is 0 Å². The Labute approximate surface area is 151 Å². The van der Waals surface area contributed by atoms with E-state index in [1.807, 2.05) is 48.5 Å². The molecule has 2 aromatic carbocycles. The van der Waals surface area contributed by atoms with Gasteiger partial charge in [0.1, 0.15) is 5.75 Å². The first-order valence-electron chi connectivity index (χ1n) is 8.15. The van der Waals surface area contributed by atoms with Crippen molar-refractivity contribution in [3.63, 3.8) is 0 Å². The van der Waals surface area contributed by atoms with Gasteiger partial charge in [0.15, 0.2) is 0 Å². The number of nitrogens with one attached hydrogen (secondary N) is 2. The summed E-state index contributed by atoms with van der Waals surface area (Å²) in [4.78, 5) is 27.2. The zero-order chi connectivity index (χ0) is 18.7. The maximum absolute atomic E-state index is 12.8. The molecule has 2 N–H and O–H groups in total. The summed E-state index contributed by atoms with van der Waals surface area (Å²) in [5.41, 5.74) is 0.682. The Morgan fingerprint density at radius 3 is 2.42 bits per heavy atom. The molecule has 0 bridgehead atoms. The number of anilines is 2. The number of hydrogen-bond donors (Lipinski definition) is 2. The van der Waals surface area contributed by atoms with Gasteiger partial charge < -0.3 is 25.0 Å². The van der Waals surface area contributed by atoms with E-state index in [-0.39, 0.29) is 0 Å². The fourth-order valence-electron chi connectivity index (χ4n) is 3.14. The lowest BCUT2D eigenvalue weighted by atomic mass is 10.1. The summed E-state index contributed by atoms with van der Waals surface area (Å²) in [5, 5.41) is 5.62. The number of benzene rings is 2. The predicted molar refractivity (Wildman–Crippen MR) is 98.1 cm³/mol. The maximum Gasteiger partial charge on any atom is 0.363 e. The molecule has 7 heteroatoms. The number of ether oxygens (including phenoxy) is 2. The SMILES string of the molecule is CNC(=O)C1(C(=O)OC)Nc2ccccc2N1Cc1ccc(OC)cc1. The average molecular weight is 355 g/mol. The highest BCUT2D eigenvalue weighted by Gasteiger charge is 2.56. The fourth-order valence-corrected chi connectivity index (χ4v) is 3.14. The van der Waals surface area contributed by atoms with Crippen molar-refractivity contribution in [2.75, 3.05) is 31.5 Å². The van der Waals surface area contributed by atoms with Crippen LogP contribution in [-0.4, -0.2) is 38.8 Å². The van der Waals surface area contributed by atoms with Crippen LogP contribution in [0.5, 0.6) is 5.75 Å². The first-order valence-corrected chi connectivity index (χ1v) is 8.15. The van der Waals surface area contributed by atoms with Crippen LogP contribution in [0.15, 0.2) is 48.5 Å². The van der Waals surface area contributed by atoms with E-state index in [4.69, 9.17) is 9.47 Å². The Balaban J connectivity index is 2.08. The molecule has 0 fully saturated rings. The number of carbonyl (C=O) groups excluding carboxylic acids is 2. The zero-order valence-corrected chi connectivity index (χ0v) is 14.9. The van der Waals surface area contributed by atoms with Crippen LogP contribution in [0.2, 0.25) is 0 Å². The number of para-hydroxylation sites is 2. The molecule has 7 nitrogen and oxygen atoms in total. The minimum atomic E-state index is -1.67. The molecule has 0 aliphatic carbocycles. The van der Waals surface area contributed by atoms with Crippen molar-refractivity contribution < 1.29 is 19.1 Å². The number of carbonyl (C=O) groups is 2. The zero-order valence-electron chi connectivity index (χ0n) is 14.9. The summed E-state index contributed by atoms with van der Waals surface area (Å²) >= 11 is 0. The number of nitrogens with zero attached hydrogens (tertiary/aromatic N) is 1. The normalized spacial score (nSPS) is 17.9. The molecule has 2 aromatic rings. The number of likely N-dealkylation sites (N-methyl/N-ethyl adjacent to an activating group) is 1. The van der Waals surface area contributed by atoms with E-state index in [0.29, 0.717) is 12.2 Å². The largest absolute Gasteiger partial charge is 0.497 e. The molecule has 0 spiro atoms. The van der Waals surface area contributed by atoms with Crippen LogP contribution in [0.1, 0.15) is 5.56 Å². The van der Waals surface area contributed by atoms with Crippen molar-refractivity contribution in [2.45, 2.75) is 12.2 Å². The second-order valence-electron chi connectivity index (χ2n) is 5.86. The summed E-state index contributed by atoms with van der Waals surface area (Å²) in [6, 6.07) is 14.9. The highest BCUT2D eigenvalue weighted by atomic mass is 16.5. The summed E-state index contributed by atoms with van der Waals surface area (Å²) < 4.78 is 10.2. The van der Waals surface area contributed by atoms with E-state index in [9.17, 15) is 9.59 Å². The summed E-state index contributed by atoms with van der Waals surface area (Å²) in [5.74, 6) is -0.435. The van der Waals surface area contributed by atoms with E-state index in [2.05, 4.69) is 10.6 Å². The van der Waals surface area contributed by atoms with Crippen molar-refractivity contribution >= 4 is 23.3 Å². The molecule has 1 aliphatic rings. The van der Waals surface area contributed by atoms with Crippen molar-refractivity contribution in [3.05, 3.63) is 54.1 Å². The Bertz CT molecular complexity index is 804. The third-order valence-electron chi connectivity index (χ3n) is 4.45. The third-order valence-corrected chi connectivity index (χ3v) is 4.45. The van der Waals surface area contributed by atoms with Crippen molar-refractivity contribution in [1.29, 1.82) is 0 Å². The van der Waals surface area contributed by atoms with Crippen molar-refractivity contribution in [3.8, 4) is 5.75 Å². The first kappa shape index (κ1) is 17.6. The second-order valence-corrected chi connectivity index (χ2v) is 5.86. The van der Waals surface area contributed by atoms with E-state index in [1.54, 1.807) is 12.0 Å². The molecule has 136 valence electrons. The van der Waals surface area contributed by atoms with E-state index < -0.39 is 17.5 Å². The van der Waals surface area contributed by atoms with Gasteiger partial charge in [0.05, 0.1) is 25.6 Å². The smallest absolute Gasteiger partial charge is 0.363 e. The van der Waals surface area contributed by atoms with Crippen LogP contribution in [0, 0.1) is 0 Å². The Morgan fingerprint density at radius 2 is 1.81 bits per heavy atom. The molecule has 1 heterocycles. The molecule has 1 atom stereocenters. The minimum absolute atomic E-state index is 0.330. The molecule has 0 aromatic heterocycles. The fraction of sp³-hybridized carbons (Fsp3) is 0.263. The first-order chi connectivity index (χ1) is 12.6. The van der Waals surface area contributed by atoms with E-state index >= 15 is 0 Å². The molecule has 26 heavy (non-hydrogen) atoms. The quantitative estimate of drug-likeness (QED) is 0.628. The number of esters is 1.